The number of benzene rings is 2. The number of carbonyl (C=O) groups excluding carboxylic acids is 2. The molecule has 2 aromatic carbocycles. The van der Waals surface area contributed by atoms with E-state index in [0.717, 1.165) is 11.1 Å². The number of nitrogens with one attached hydrogen (secondary N) is 3. The van der Waals surface area contributed by atoms with Crippen LogP contribution in [0.1, 0.15) is 31.8 Å². The number of anilines is 1. The van der Waals surface area contributed by atoms with E-state index in [2.05, 4.69) is 25.5 Å². The number of H-pyrrole nitrogens is 2. The summed E-state index contributed by atoms with van der Waals surface area (Å²) in [6.07, 6.45) is 1.54. The number of morpholine rings is 1. The van der Waals surface area contributed by atoms with Crippen LogP contribution in [-0.4, -0.2) is 70.3 Å². The Kier molecular flexibility index (Phi) is 5.96. The Hall–Kier alpha value is -4.18. The van der Waals surface area contributed by atoms with Gasteiger partial charge in [0, 0.05) is 24.2 Å². The third-order valence-corrected chi connectivity index (χ3v) is 6.12. The van der Waals surface area contributed by atoms with Gasteiger partial charge in [-0.2, -0.15) is 5.10 Å². The van der Waals surface area contributed by atoms with Crippen LogP contribution >= 0.6 is 0 Å². The Morgan fingerprint density at radius 3 is 2.57 bits per heavy atom. The number of hydrogen-bond acceptors (Lipinski definition) is 6. The van der Waals surface area contributed by atoms with Gasteiger partial charge in [-0.3, -0.25) is 14.7 Å². The van der Waals surface area contributed by atoms with E-state index in [9.17, 15) is 9.59 Å². The van der Waals surface area contributed by atoms with E-state index in [1.807, 2.05) is 32.0 Å². The molecule has 10 heteroatoms. The van der Waals surface area contributed by atoms with Crippen LogP contribution in [0.4, 0.5) is 5.69 Å². The summed E-state index contributed by atoms with van der Waals surface area (Å²) in [6, 6.07) is 9.03. The summed E-state index contributed by atoms with van der Waals surface area (Å²) in [6.45, 7) is 5.99. The predicted molar refractivity (Wildman–Crippen MR) is 131 cm³/mol. The molecule has 3 N–H and O–H groups in total. The Morgan fingerprint density at radius 1 is 1.11 bits per heavy atom. The molecule has 0 unspecified atom stereocenters. The van der Waals surface area contributed by atoms with Gasteiger partial charge in [-0.15, -0.1) is 0 Å². The van der Waals surface area contributed by atoms with Crippen molar-refractivity contribution in [3.8, 4) is 17.3 Å². The maximum atomic E-state index is 13.1. The van der Waals surface area contributed by atoms with Crippen molar-refractivity contribution in [3.05, 3.63) is 58.8 Å². The second-order valence-corrected chi connectivity index (χ2v) is 8.47. The van der Waals surface area contributed by atoms with Gasteiger partial charge in [0.15, 0.2) is 5.82 Å². The highest BCUT2D eigenvalue weighted by Crippen LogP contribution is 2.28. The fraction of sp³-hybridized carbons (Fsp3) is 0.280. The Balaban J connectivity index is 1.41. The van der Waals surface area contributed by atoms with Crippen molar-refractivity contribution in [2.45, 2.75) is 13.8 Å². The molecule has 0 spiro atoms. The summed E-state index contributed by atoms with van der Waals surface area (Å²) in [5.41, 5.74) is 5.23. The monoisotopic (exact) mass is 474 g/mol. The minimum Gasteiger partial charge on any atom is -0.497 e. The number of fused-ring (bicyclic) bond motifs is 1. The summed E-state index contributed by atoms with van der Waals surface area (Å²) in [7, 11) is 1.60. The molecule has 10 nitrogen and oxygen atoms in total. The molecular formula is C25H26N6O4. The number of nitrogens with zero attached hydrogens (tertiary/aromatic N) is 3. The molecule has 180 valence electrons. The van der Waals surface area contributed by atoms with Gasteiger partial charge in [0.1, 0.15) is 11.4 Å². The molecule has 3 heterocycles. The highest BCUT2D eigenvalue weighted by atomic mass is 16.5. The lowest BCUT2D eigenvalue weighted by molar-refractivity contribution is 0.0303. The lowest BCUT2D eigenvalue weighted by atomic mass is 10.0. The van der Waals surface area contributed by atoms with Gasteiger partial charge in [-0.25, -0.2) is 4.98 Å². The number of aromatic amines is 2. The molecule has 1 aliphatic heterocycles. The number of ether oxygens (including phenoxy) is 2. The molecule has 1 saturated heterocycles. The van der Waals surface area contributed by atoms with Crippen LogP contribution in [0.5, 0.6) is 5.75 Å². The molecule has 0 bridgehead atoms. The molecule has 0 saturated carbocycles. The second-order valence-electron chi connectivity index (χ2n) is 8.47. The zero-order valence-corrected chi connectivity index (χ0v) is 19.8. The van der Waals surface area contributed by atoms with E-state index < -0.39 is 0 Å². The molecule has 0 atom stereocenters. The van der Waals surface area contributed by atoms with E-state index in [1.54, 1.807) is 30.3 Å². The fourth-order valence-corrected chi connectivity index (χ4v) is 4.36. The highest BCUT2D eigenvalue weighted by molar-refractivity contribution is 6.08. The van der Waals surface area contributed by atoms with Crippen molar-refractivity contribution in [2.75, 3.05) is 38.7 Å². The van der Waals surface area contributed by atoms with Gasteiger partial charge in [0.2, 0.25) is 0 Å². The zero-order chi connectivity index (χ0) is 24.5. The first-order chi connectivity index (χ1) is 16.9. The standard InChI is InChI=1S/C25H26N6O4/c1-14-10-17(34-3)11-15(2)21(14)24(32)29-20-13-26-30-22(20)23-27-18-5-4-16(12-19(18)28-23)25(33)31-6-8-35-9-7-31/h4-5,10-13H,6-9H2,1-3H3,(H,26,30)(H,27,28)(H,29,32). The van der Waals surface area contributed by atoms with Crippen molar-refractivity contribution in [2.24, 2.45) is 0 Å². The number of hydrogen-bond donors (Lipinski definition) is 3. The SMILES string of the molecule is COc1cc(C)c(C(=O)Nc2cn[nH]c2-c2nc3ccc(C(=O)N4CCOCC4)cc3[nH]2)c(C)c1. The molecule has 2 aromatic heterocycles. The molecule has 35 heavy (non-hydrogen) atoms. The summed E-state index contributed by atoms with van der Waals surface area (Å²) in [5.74, 6) is 0.923. The second kappa shape index (κ2) is 9.22. The van der Waals surface area contributed by atoms with Crippen LogP contribution in [-0.2, 0) is 4.74 Å². The normalized spacial score (nSPS) is 13.7. The molecular weight excluding hydrogens is 448 g/mol. The van der Waals surface area contributed by atoms with E-state index in [1.165, 1.54) is 0 Å². The van der Waals surface area contributed by atoms with Gasteiger partial charge in [-0.1, -0.05) is 0 Å². The highest BCUT2D eigenvalue weighted by Gasteiger charge is 2.21. The minimum atomic E-state index is -0.250. The number of rotatable bonds is 5. The Bertz CT molecular complexity index is 1390. The van der Waals surface area contributed by atoms with Crippen LogP contribution in [0.2, 0.25) is 0 Å². The van der Waals surface area contributed by atoms with Crippen LogP contribution in [0.3, 0.4) is 0 Å². The Morgan fingerprint density at radius 2 is 1.86 bits per heavy atom. The van der Waals surface area contributed by atoms with Crippen molar-refractivity contribution >= 4 is 28.5 Å². The largest absolute Gasteiger partial charge is 0.497 e. The third kappa shape index (κ3) is 4.35. The number of carbonyl (C=O) groups is 2. The summed E-state index contributed by atoms with van der Waals surface area (Å²) in [5, 5.41) is 9.95. The van der Waals surface area contributed by atoms with E-state index in [-0.39, 0.29) is 11.8 Å². The number of aromatic nitrogens is 4. The molecule has 0 aliphatic carbocycles. The van der Waals surface area contributed by atoms with Crippen LogP contribution in [0.15, 0.2) is 36.5 Å². The van der Waals surface area contributed by atoms with Gasteiger partial charge in [0.25, 0.3) is 11.8 Å². The van der Waals surface area contributed by atoms with Gasteiger partial charge in [0.05, 0.1) is 43.2 Å². The summed E-state index contributed by atoms with van der Waals surface area (Å²) in [4.78, 5) is 35.6. The van der Waals surface area contributed by atoms with Crippen molar-refractivity contribution in [1.29, 1.82) is 0 Å². The van der Waals surface area contributed by atoms with Crippen LogP contribution in [0.25, 0.3) is 22.6 Å². The van der Waals surface area contributed by atoms with Crippen molar-refractivity contribution in [1.82, 2.24) is 25.1 Å². The van der Waals surface area contributed by atoms with E-state index >= 15 is 0 Å². The third-order valence-electron chi connectivity index (χ3n) is 6.12. The topological polar surface area (TPSA) is 125 Å². The maximum Gasteiger partial charge on any atom is 0.256 e. The first kappa shape index (κ1) is 22.6. The smallest absolute Gasteiger partial charge is 0.256 e. The van der Waals surface area contributed by atoms with E-state index in [0.29, 0.717) is 71.4 Å². The van der Waals surface area contributed by atoms with Gasteiger partial charge in [-0.05, 0) is 55.3 Å². The van der Waals surface area contributed by atoms with Gasteiger partial charge < -0.3 is 24.7 Å². The maximum absolute atomic E-state index is 13.1. The first-order valence-electron chi connectivity index (χ1n) is 11.3. The predicted octanol–water partition coefficient (Wildman–Crippen LogP) is 3.30. The summed E-state index contributed by atoms with van der Waals surface area (Å²) < 4.78 is 10.6. The quantitative estimate of drug-likeness (QED) is 0.408. The number of amides is 2. The van der Waals surface area contributed by atoms with Crippen molar-refractivity contribution in [3.63, 3.8) is 0 Å². The molecule has 5 rings (SSSR count). The lowest BCUT2D eigenvalue weighted by Crippen LogP contribution is -2.40. The lowest BCUT2D eigenvalue weighted by Gasteiger charge is -2.26. The van der Waals surface area contributed by atoms with Crippen molar-refractivity contribution < 1.29 is 19.1 Å². The minimum absolute atomic E-state index is 0.0360. The summed E-state index contributed by atoms with van der Waals surface area (Å²) >= 11 is 0. The van der Waals surface area contributed by atoms with Crippen LogP contribution in [0, 0.1) is 13.8 Å². The average Bonchev–Trinajstić information content (AvgIpc) is 3.49. The van der Waals surface area contributed by atoms with Crippen LogP contribution < -0.4 is 10.1 Å². The molecule has 4 aromatic rings. The average molecular weight is 475 g/mol. The van der Waals surface area contributed by atoms with E-state index in [4.69, 9.17) is 9.47 Å². The van der Waals surface area contributed by atoms with Gasteiger partial charge >= 0.3 is 0 Å². The zero-order valence-electron chi connectivity index (χ0n) is 19.8. The number of imidazole rings is 1. The molecule has 2 amide bonds. The molecule has 1 aliphatic rings. The number of aryl methyl sites for hydroxylation is 2. The fourth-order valence-electron chi connectivity index (χ4n) is 4.36. The number of methoxy groups -OCH3 is 1. The molecule has 0 radical (unpaired) electrons. The first-order valence-corrected chi connectivity index (χ1v) is 11.3. The Labute approximate surface area is 201 Å². The molecule has 1 fully saturated rings.